The molecule has 9 heteroatoms. The van der Waals surface area contributed by atoms with Gasteiger partial charge < -0.3 is 4.74 Å². The molecule has 0 aliphatic carbocycles. The van der Waals surface area contributed by atoms with Crippen LogP contribution in [0.1, 0.15) is 33.2 Å². The lowest BCUT2D eigenvalue weighted by atomic mass is 10.1. The summed E-state index contributed by atoms with van der Waals surface area (Å²) in [7, 11) is -3.80. The summed E-state index contributed by atoms with van der Waals surface area (Å²) in [5.41, 5.74) is 6.57. The van der Waals surface area contributed by atoms with Crippen molar-refractivity contribution in [1.29, 1.82) is 0 Å². The maximum atomic E-state index is 12.5. The number of carbonyl (C=O) groups is 2. The topological polar surface area (TPSA) is 114 Å². The number of carbonyl (C=O) groups excluding carboxylic acids is 2. The van der Waals surface area contributed by atoms with Gasteiger partial charge in [0.2, 0.25) is 0 Å². The predicted octanol–water partition coefficient (Wildman–Crippen LogP) is 3.27. The van der Waals surface area contributed by atoms with Gasteiger partial charge in [-0.2, -0.15) is 0 Å². The minimum atomic E-state index is -3.80. The van der Waals surface area contributed by atoms with Crippen LogP contribution < -0.4 is 20.3 Å². The molecule has 0 aliphatic rings. The number of ether oxygens (including phenoxy) is 1. The van der Waals surface area contributed by atoms with Gasteiger partial charge in [0.25, 0.3) is 21.8 Å². The molecule has 0 heterocycles. The second-order valence-corrected chi connectivity index (χ2v) is 8.55. The van der Waals surface area contributed by atoms with Crippen LogP contribution >= 0.6 is 0 Å². The SMILES string of the molecule is CCOc1ccc(S(=O)(=O)Nc2ccc(C(=O)NNC(=O)c3cccc(C)c3)cc2)cc1. The van der Waals surface area contributed by atoms with Crippen molar-refractivity contribution < 1.29 is 22.7 Å². The molecule has 0 radical (unpaired) electrons. The number of sulfonamides is 1. The summed E-state index contributed by atoms with van der Waals surface area (Å²) >= 11 is 0. The molecule has 0 atom stereocenters. The Hall–Kier alpha value is -3.85. The van der Waals surface area contributed by atoms with Crippen molar-refractivity contribution in [3.8, 4) is 5.75 Å². The van der Waals surface area contributed by atoms with Gasteiger partial charge in [-0.3, -0.25) is 25.2 Å². The Morgan fingerprint density at radius 2 is 1.47 bits per heavy atom. The highest BCUT2D eigenvalue weighted by molar-refractivity contribution is 7.92. The Labute approximate surface area is 186 Å². The maximum absolute atomic E-state index is 12.5. The van der Waals surface area contributed by atoms with Gasteiger partial charge in [0.15, 0.2) is 0 Å². The summed E-state index contributed by atoms with van der Waals surface area (Å²) < 4.78 is 32.9. The number of hydrogen-bond acceptors (Lipinski definition) is 5. The smallest absolute Gasteiger partial charge is 0.269 e. The fourth-order valence-electron chi connectivity index (χ4n) is 2.83. The van der Waals surface area contributed by atoms with Crippen LogP contribution in [0.3, 0.4) is 0 Å². The number of amides is 2. The number of anilines is 1. The van der Waals surface area contributed by atoms with E-state index in [2.05, 4.69) is 15.6 Å². The molecule has 0 spiro atoms. The van der Waals surface area contributed by atoms with Gasteiger partial charge in [-0.15, -0.1) is 0 Å². The van der Waals surface area contributed by atoms with Crippen LogP contribution in [0.4, 0.5) is 5.69 Å². The van der Waals surface area contributed by atoms with Crippen LogP contribution in [0.25, 0.3) is 0 Å². The third-order valence-corrected chi connectivity index (χ3v) is 5.81. The van der Waals surface area contributed by atoms with E-state index in [-0.39, 0.29) is 10.5 Å². The molecular weight excluding hydrogens is 430 g/mol. The van der Waals surface area contributed by atoms with Crippen LogP contribution in [0, 0.1) is 6.92 Å². The summed E-state index contributed by atoms with van der Waals surface area (Å²) in [5, 5.41) is 0. The summed E-state index contributed by atoms with van der Waals surface area (Å²) in [6.45, 7) is 4.19. The van der Waals surface area contributed by atoms with Gasteiger partial charge in [0.1, 0.15) is 5.75 Å². The molecule has 3 N–H and O–H groups in total. The van der Waals surface area contributed by atoms with Crippen molar-refractivity contribution >= 4 is 27.5 Å². The van der Waals surface area contributed by atoms with Crippen LogP contribution in [0.15, 0.2) is 77.7 Å². The molecule has 166 valence electrons. The molecule has 0 aliphatic heterocycles. The lowest BCUT2D eigenvalue weighted by Gasteiger charge is -2.10. The monoisotopic (exact) mass is 453 g/mol. The minimum Gasteiger partial charge on any atom is -0.494 e. The van der Waals surface area contributed by atoms with Gasteiger partial charge in [0.05, 0.1) is 11.5 Å². The number of hydrazine groups is 1. The zero-order valence-electron chi connectivity index (χ0n) is 17.6. The summed E-state index contributed by atoms with van der Waals surface area (Å²) in [6.07, 6.45) is 0. The first kappa shape index (κ1) is 22.8. The largest absolute Gasteiger partial charge is 0.494 e. The van der Waals surface area contributed by atoms with E-state index >= 15 is 0 Å². The number of nitrogens with one attached hydrogen (secondary N) is 3. The first-order valence-corrected chi connectivity index (χ1v) is 11.3. The summed E-state index contributed by atoms with van der Waals surface area (Å²) in [4.78, 5) is 24.5. The van der Waals surface area contributed by atoms with Crippen molar-refractivity contribution in [1.82, 2.24) is 10.9 Å². The molecule has 3 aromatic carbocycles. The molecule has 8 nitrogen and oxygen atoms in total. The van der Waals surface area contributed by atoms with E-state index in [4.69, 9.17) is 4.74 Å². The highest BCUT2D eigenvalue weighted by Gasteiger charge is 2.15. The number of aryl methyl sites for hydroxylation is 1. The van der Waals surface area contributed by atoms with Gasteiger partial charge in [-0.25, -0.2) is 8.42 Å². The van der Waals surface area contributed by atoms with Crippen molar-refractivity contribution in [3.63, 3.8) is 0 Å². The lowest BCUT2D eigenvalue weighted by molar-refractivity contribution is 0.0846. The maximum Gasteiger partial charge on any atom is 0.269 e. The Kier molecular flexibility index (Phi) is 7.11. The van der Waals surface area contributed by atoms with Crippen LogP contribution in [-0.2, 0) is 10.0 Å². The van der Waals surface area contributed by atoms with Crippen molar-refractivity contribution in [2.24, 2.45) is 0 Å². The molecule has 3 rings (SSSR count). The number of benzene rings is 3. The molecule has 0 aromatic heterocycles. The van der Waals surface area contributed by atoms with E-state index in [0.29, 0.717) is 23.6 Å². The van der Waals surface area contributed by atoms with E-state index in [1.165, 1.54) is 36.4 Å². The third kappa shape index (κ3) is 5.86. The van der Waals surface area contributed by atoms with Crippen LogP contribution in [0.2, 0.25) is 0 Å². The van der Waals surface area contributed by atoms with E-state index in [0.717, 1.165) is 5.56 Å². The fraction of sp³-hybridized carbons (Fsp3) is 0.130. The van der Waals surface area contributed by atoms with Crippen LogP contribution in [-0.4, -0.2) is 26.8 Å². The molecule has 3 aromatic rings. The zero-order chi connectivity index (χ0) is 23.1. The van der Waals surface area contributed by atoms with E-state index in [1.807, 2.05) is 19.9 Å². The van der Waals surface area contributed by atoms with Crippen LogP contribution in [0.5, 0.6) is 5.75 Å². The summed E-state index contributed by atoms with van der Waals surface area (Å²) in [5.74, 6) is -0.398. The van der Waals surface area contributed by atoms with Gasteiger partial charge in [-0.1, -0.05) is 17.7 Å². The molecule has 32 heavy (non-hydrogen) atoms. The second-order valence-electron chi connectivity index (χ2n) is 6.86. The molecular formula is C23H23N3O5S. The van der Waals surface area contributed by atoms with E-state index in [1.54, 1.807) is 30.3 Å². The molecule has 0 bridgehead atoms. The normalized spacial score (nSPS) is 10.8. The average molecular weight is 454 g/mol. The fourth-order valence-corrected chi connectivity index (χ4v) is 3.89. The quantitative estimate of drug-likeness (QED) is 0.475. The first-order valence-electron chi connectivity index (χ1n) is 9.81. The molecule has 0 saturated carbocycles. The Balaban J connectivity index is 1.60. The van der Waals surface area contributed by atoms with Crippen molar-refractivity contribution in [2.75, 3.05) is 11.3 Å². The van der Waals surface area contributed by atoms with E-state index < -0.39 is 21.8 Å². The van der Waals surface area contributed by atoms with Crippen molar-refractivity contribution in [2.45, 2.75) is 18.7 Å². The van der Waals surface area contributed by atoms with Gasteiger partial charge >= 0.3 is 0 Å². The average Bonchev–Trinajstić information content (AvgIpc) is 2.78. The minimum absolute atomic E-state index is 0.0848. The molecule has 0 saturated heterocycles. The van der Waals surface area contributed by atoms with Crippen molar-refractivity contribution in [3.05, 3.63) is 89.5 Å². The number of hydrogen-bond donors (Lipinski definition) is 3. The third-order valence-electron chi connectivity index (χ3n) is 4.41. The number of rotatable bonds is 7. The molecule has 0 unspecified atom stereocenters. The standard InChI is InChI=1S/C23H23N3O5S/c1-3-31-20-11-13-21(14-12-20)32(29,30)26-19-9-7-17(8-10-19)22(27)24-25-23(28)18-6-4-5-16(2)15-18/h4-15,26H,3H2,1-2H3,(H,24,27)(H,25,28). The van der Waals surface area contributed by atoms with E-state index in [9.17, 15) is 18.0 Å². The molecule has 0 fully saturated rings. The Bertz CT molecular complexity index is 1210. The lowest BCUT2D eigenvalue weighted by Crippen LogP contribution is -2.41. The predicted molar refractivity (Wildman–Crippen MR) is 121 cm³/mol. The second kappa shape index (κ2) is 9.97. The Morgan fingerprint density at radius 3 is 2.06 bits per heavy atom. The first-order chi connectivity index (χ1) is 15.3. The zero-order valence-corrected chi connectivity index (χ0v) is 18.4. The molecule has 2 amide bonds. The highest BCUT2D eigenvalue weighted by atomic mass is 32.2. The van der Waals surface area contributed by atoms with Gasteiger partial charge in [-0.05, 0) is 74.5 Å². The van der Waals surface area contributed by atoms with Gasteiger partial charge in [0, 0.05) is 16.8 Å². The summed E-state index contributed by atoms with van der Waals surface area (Å²) in [6, 6.07) is 18.8. The highest BCUT2D eigenvalue weighted by Crippen LogP contribution is 2.19. The Morgan fingerprint density at radius 1 is 0.844 bits per heavy atom.